The van der Waals surface area contributed by atoms with Gasteiger partial charge in [-0.2, -0.15) is 5.10 Å². The van der Waals surface area contributed by atoms with E-state index in [0.29, 0.717) is 50.7 Å². The number of halogens is 2. The van der Waals surface area contributed by atoms with Crippen LogP contribution in [-0.2, 0) is 16.1 Å². The number of allylic oxidation sites excluding steroid dienone is 1. The van der Waals surface area contributed by atoms with E-state index in [-0.39, 0.29) is 18.8 Å². The van der Waals surface area contributed by atoms with Crippen molar-refractivity contribution < 1.29 is 33.6 Å². The van der Waals surface area contributed by atoms with Gasteiger partial charge in [-0.15, -0.1) is 0 Å². The van der Waals surface area contributed by atoms with Crippen molar-refractivity contribution in [2.24, 2.45) is 5.10 Å². The van der Waals surface area contributed by atoms with E-state index in [9.17, 15) is 14.7 Å². The Balaban J connectivity index is 1.41. The molecule has 232 valence electrons. The molecule has 2 atom stereocenters. The average Bonchev–Trinajstić information content (AvgIpc) is 3.00. The van der Waals surface area contributed by atoms with Gasteiger partial charge in [0, 0.05) is 26.9 Å². The number of urea groups is 1. The Labute approximate surface area is 264 Å². The molecule has 4 rings (SSSR count). The van der Waals surface area contributed by atoms with Gasteiger partial charge in [-0.1, -0.05) is 47.5 Å². The Hall–Kier alpha value is -4.45. The minimum absolute atomic E-state index is 0.182. The molecule has 13 heteroatoms. The van der Waals surface area contributed by atoms with E-state index >= 15 is 0 Å². The number of aliphatic hydroxyl groups excluding tert-OH is 1. The topological polar surface area (TPSA) is 140 Å². The number of hydrogen-bond acceptors (Lipinski definition) is 9. The molecule has 0 aromatic heterocycles. The number of rotatable bonds is 13. The van der Waals surface area contributed by atoms with E-state index in [1.54, 1.807) is 56.3 Å². The highest BCUT2D eigenvalue weighted by atomic mass is 35.5. The van der Waals surface area contributed by atoms with Crippen molar-refractivity contribution >= 4 is 41.4 Å². The highest BCUT2D eigenvalue weighted by molar-refractivity contribution is 6.31. The zero-order chi connectivity index (χ0) is 31.6. The lowest BCUT2D eigenvalue weighted by Crippen LogP contribution is -2.45. The molecular formula is C31H32Cl2N4O7. The van der Waals surface area contributed by atoms with Crippen molar-refractivity contribution in [1.82, 2.24) is 16.1 Å². The molecule has 0 unspecified atom stereocenters. The third-order valence-corrected chi connectivity index (χ3v) is 7.02. The first kappa shape index (κ1) is 32.5. The van der Waals surface area contributed by atoms with Crippen LogP contribution in [0.15, 0.2) is 77.0 Å². The summed E-state index contributed by atoms with van der Waals surface area (Å²) in [5.41, 5.74) is 5.24. The van der Waals surface area contributed by atoms with Gasteiger partial charge in [0.1, 0.15) is 19.0 Å². The Morgan fingerprint density at radius 2 is 1.84 bits per heavy atom. The number of hydrogen-bond donors (Lipinski definition) is 4. The first-order valence-electron chi connectivity index (χ1n) is 13.6. The van der Waals surface area contributed by atoms with Crippen LogP contribution < -0.4 is 30.3 Å². The molecule has 3 aromatic rings. The average molecular weight is 644 g/mol. The monoisotopic (exact) mass is 642 g/mol. The molecule has 3 aromatic carbocycles. The highest BCUT2D eigenvalue weighted by Gasteiger charge is 2.32. The molecule has 0 aliphatic carbocycles. The van der Waals surface area contributed by atoms with E-state index in [1.165, 1.54) is 13.3 Å². The predicted molar refractivity (Wildman–Crippen MR) is 166 cm³/mol. The lowest BCUT2D eigenvalue weighted by molar-refractivity contribution is -0.136. The van der Waals surface area contributed by atoms with Crippen LogP contribution in [0.1, 0.15) is 36.6 Å². The molecule has 4 N–H and O–H groups in total. The van der Waals surface area contributed by atoms with Gasteiger partial charge < -0.3 is 34.7 Å². The molecule has 44 heavy (non-hydrogen) atoms. The van der Waals surface area contributed by atoms with Crippen LogP contribution in [-0.4, -0.2) is 49.9 Å². The first-order chi connectivity index (χ1) is 21.2. The third kappa shape index (κ3) is 8.34. The zero-order valence-electron chi connectivity index (χ0n) is 24.2. The summed E-state index contributed by atoms with van der Waals surface area (Å²) in [4.78, 5) is 24.6. The molecular weight excluding hydrogens is 611 g/mol. The molecule has 0 radical (unpaired) electrons. The largest absolute Gasteiger partial charge is 0.490 e. The normalized spacial score (nSPS) is 15.3. The number of esters is 1. The van der Waals surface area contributed by atoms with Gasteiger partial charge in [-0.25, -0.2) is 9.59 Å². The van der Waals surface area contributed by atoms with Crippen molar-refractivity contribution in [3.05, 3.63) is 98.7 Å². The molecule has 0 fully saturated rings. The number of aliphatic hydroxyl groups is 1. The molecule has 0 saturated heterocycles. The van der Waals surface area contributed by atoms with Gasteiger partial charge in [0.15, 0.2) is 17.7 Å². The molecule has 1 aliphatic heterocycles. The number of benzene rings is 3. The summed E-state index contributed by atoms with van der Waals surface area (Å²) < 4.78 is 22.4. The summed E-state index contributed by atoms with van der Waals surface area (Å²) in [7, 11) is 1.27. The number of nitrogens with one attached hydrogen (secondary N) is 3. The predicted octanol–water partition coefficient (Wildman–Crippen LogP) is 5.09. The van der Waals surface area contributed by atoms with Gasteiger partial charge in [-0.05, 0) is 55.8 Å². The number of ether oxygens (including phenoxy) is 4. The number of nitrogens with zero attached hydrogens (tertiary/aromatic N) is 1. The van der Waals surface area contributed by atoms with E-state index in [0.717, 1.165) is 5.56 Å². The maximum absolute atomic E-state index is 12.4. The van der Waals surface area contributed by atoms with Crippen LogP contribution in [0, 0.1) is 0 Å². The molecule has 2 amide bonds. The maximum atomic E-state index is 12.4. The van der Waals surface area contributed by atoms with Gasteiger partial charge >= 0.3 is 12.0 Å². The summed E-state index contributed by atoms with van der Waals surface area (Å²) in [5.74, 6) is 0.642. The number of carbonyl (C=O) groups is 2. The Kier molecular flexibility index (Phi) is 11.3. The summed E-state index contributed by atoms with van der Waals surface area (Å²) >= 11 is 12.4. The molecule has 0 bridgehead atoms. The Bertz CT molecular complexity index is 1560. The van der Waals surface area contributed by atoms with Gasteiger partial charge in [0.05, 0.1) is 31.5 Å². The van der Waals surface area contributed by atoms with Crippen LogP contribution in [0.2, 0.25) is 10.0 Å². The van der Waals surface area contributed by atoms with E-state index in [2.05, 4.69) is 21.2 Å². The fourth-order valence-electron chi connectivity index (χ4n) is 4.34. The quantitative estimate of drug-likeness (QED) is 0.0875. The van der Waals surface area contributed by atoms with Crippen LogP contribution in [0.3, 0.4) is 0 Å². The minimum atomic E-state index is -1.19. The lowest BCUT2D eigenvalue weighted by atomic mass is 9.95. The van der Waals surface area contributed by atoms with Crippen LogP contribution in [0.5, 0.6) is 17.2 Å². The maximum Gasteiger partial charge on any atom is 0.337 e. The summed E-state index contributed by atoms with van der Waals surface area (Å²) in [6.07, 6.45) is 0.284. The van der Waals surface area contributed by atoms with Crippen molar-refractivity contribution in [3.8, 4) is 17.2 Å². The van der Waals surface area contributed by atoms with Crippen LogP contribution in [0.4, 0.5) is 4.79 Å². The van der Waals surface area contributed by atoms with E-state index in [1.807, 2.05) is 18.2 Å². The zero-order valence-corrected chi connectivity index (χ0v) is 25.7. The van der Waals surface area contributed by atoms with Gasteiger partial charge in [-0.3, -0.25) is 5.43 Å². The fourth-order valence-corrected chi connectivity index (χ4v) is 4.71. The molecule has 1 heterocycles. The lowest BCUT2D eigenvalue weighted by Gasteiger charge is -2.28. The van der Waals surface area contributed by atoms with Gasteiger partial charge in [0.25, 0.3) is 0 Å². The molecule has 11 nitrogen and oxygen atoms in total. The number of methoxy groups -OCH3 is 1. The summed E-state index contributed by atoms with van der Waals surface area (Å²) in [6, 6.07) is 16.2. The van der Waals surface area contributed by atoms with E-state index < -0.39 is 24.3 Å². The van der Waals surface area contributed by atoms with Crippen LogP contribution in [0.25, 0.3) is 0 Å². The molecule has 0 spiro atoms. The number of carbonyl (C=O) groups excluding carboxylic acids is 2. The van der Waals surface area contributed by atoms with Crippen molar-refractivity contribution in [2.45, 2.75) is 32.7 Å². The second-order valence-corrected chi connectivity index (χ2v) is 10.3. The minimum Gasteiger partial charge on any atom is -0.490 e. The smallest absolute Gasteiger partial charge is 0.337 e. The Morgan fingerprint density at radius 1 is 1.07 bits per heavy atom. The number of amides is 2. The number of hydrazone groups is 1. The van der Waals surface area contributed by atoms with Gasteiger partial charge in [0.2, 0.25) is 0 Å². The molecule has 1 aliphatic rings. The third-order valence-electron chi connectivity index (χ3n) is 6.41. The first-order valence-corrected chi connectivity index (χ1v) is 14.3. The standard InChI is InChI=1S/C31H32Cl2N4O7/c1-4-42-26-14-19(29-28(30(39)41-3)18(2)35-31(40)36-29)9-11-25(26)44-17-27(38)37-34-15-21-13-22(32)10-12-24(21)43-16-20-7-5-6-8-23(20)33/h5-15,27,29,37-38H,4,16-17H2,1-3H3,(H2,35,36,40)/b34-15+/t27-,29-/m0/s1. The Morgan fingerprint density at radius 3 is 2.59 bits per heavy atom. The van der Waals surface area contributed by atoms with Crippen molar-refractivity contribution in [1.29, 1.82) is 0 Å². The van der Waals surface area contributed by atoms with Crippen molar-refractivity contribution in [3.63, 3.8) is 0 Å². The second kappa shape index (κ2) is 15.3. The summed E-state index contributed by atoms with van der Waals surface area (Å²) in [5, 5.41) is 21.0. The SMILES string of the molecule is CCOc1cc([C@@H]2NC(=O)NC(C)=C2C(=O)OC)ccc1OC[C@H](O)N/N=C/c1cc(Cl)ccc1OCc1ccccc1Cl. The van der Waals surface area contributed by atoms with E-state index in [4.69, 9.17) is 42.1 Å². The highest BCUT2D eigenvalue weighted by Crippen LogP contribution is 2.35. The molecule has 0 saturated carbocycles. The second-order valence-electron chi connectivity index (χ2n) is 9.48. The summed E-state index contributed by atoms with van der Waals surface area (Å²) in [6.45, 7) is 3.81. The van der Waals surface area contributed by atoms with Crippen LogP contribution >= 0.6 is 23.2 Å². The van der Waals surface area contributed by atoms with Crippen molar-refractivity contribution in [2.75, 3.05) is 20.3 Å². The fraction of sp³-hybridized carbons (Fsp3) is 0.258.